The lowest BCUT2D eigenvalue weighted by Gasteiger charge is -2.25. The lowest BCUT2D eigenvalue weighted by atomic mass is 9.87. The van der Waals surface area contributed by atoms with Gasteiger partial charge in [-0.05, 0) is 35.6 Å². The van der Waals surface area contributed by atoms with Gasteiger partial charge in [0.25, 0.3) is 0 Å². The molecule has 1 aliphatic rings. The van der Waals surface area contributed by atoms with Crippen molar-refractivity contribution in [1.82, 2.24) is 10.6 Å². The van der Waals surface area contributed by atoms with Crippen molar-refractivity contribution in [3.63, 3.8) is 0 Å². The maximum absolute atomic E-state index is 12.6. The average molecular weight is 455 g/mol. The fourth-order valence-corrected chi connectivity index (χ4v) is 3.89. The molecular weight excluding hydrogens is 424 g/mol. The van der Waals surface area contributed by atoms with Gasteiger partial charge in [0.2, 0.25) is 5.91 Å². The minimum atomic E-state index is -1.10. The van der Waals surface area contributed by atoms with Crippen LogP contribution >= 0.6 is 0 Å². The van der Waals surface area contributed by atoms with Crippen molar-refractivity contribution in [2.75, 3.05) is 26.9 Å². The van der Waals surface area contributed by atoms with E-state index in [1.54, 1.807) is 13.8 Å². The number of hydrogen-bond acceptors (Lipinski definition) is 5. The lowest BCUT2D eigenvalue weighted by Crippen LogP contribution is -2.52. The normalized spacial score (nSPS) is 15.0. The molecule has 1 unspecified atom stereocenters. The summed E-state index contributed by atoms with van der Waals surface area (Å²) in [6, 6.07) is 15.0. The third kappa shape index (κ3) is 5.34. The number of carboxylic acids is 1. The van der Waals surface area contributed by atoms with Crippen LogP contribution < -0.4 is 10.6 Å². The van der Waals surface area contributed by atoms with Gasteiger partial charge in [0.1, 0.15) is 12.6 Å². The molecule has 3 N–H and O–H groups in total. The summed E-state index contributed by atoms with van der Waals surface area (Å²) in [7, 11) is 1.41. The predicted octanol–water partition coefficient (Wildman–Crippen LogP) is 3.16. The highest BCUT2D eigenvalue weighted by molar-refractivity contribution is 5.86. The van der Waals surface area contributed by atoms with Gasteiger partial charge >= 0.3 is 12.1 Å². The molecule has 0 saturated heterocycles. The Hall–Kier alpha value is -3.39. The Morgan fingerprint density at radius 2 is 1.64 bits per heavy atom. The first-order valence-electron chi connectivity index (χ1n) is 10.9. The Kier molecular flexibility index (Phi) is 7.71. The fraction of sp³-hybridized carbons (Fsp3) is 0.400. The zero-order valence-electron chi connectivity index (χ0n) is 19.1. The Balaban J connectivity index is 1.62. The third-order valence-corrected chi connectivity index (χ3v) is 6.24. The van der Waals surface area contributed by atoms with Crippen LogP contribution in [0.4, 0.5) is 4.79 Å². The van der Waals surface area contributed by atoms with Crippen molar-refractivity contribution in [2.45, 2.75) is 32.2 Å². The second kappa shape index (κ2) is 10.5. The molecule has 0 bridgehead atoms. The van der Waals surface area contributed by atoms with Crippen molar-refractivity contribution < 1.29 is 29.0 Å². The Morgan fingerprint density at radius 3 is 2.15 bits per heavy atom. The zero-order valence-corrected chi connectivity index (χ0v) is 19.1. The molecule has 33 heavy (non-hydrogen) atoms. The number of carboxylic acid groups (broad SMARTS) is 1. The Labute approximate surface area is 193 Å². The van der Waals surface area contributed by atoms with Crippen LogP contribution in [0.25, 0.3) is 11.1 Å². The van der Waals surface area contributed by atoms with E-state index in [-0.39, 0.29) is 25.7 Å². The van der Waals surface area contributed by atoms with Gasteiger partial charge in [0.05, 0.1) is 12.0 Å². The summed E-state index contributed by atoms with van der Waals surface area (Å²) in [5, 5.41) is 14.5. The van der Waals surface area contributed by atoms with E-state index in [0.717, 1.165) is 22.3 Å². The fourth-order valence-electron chi connectivity index (χ4n) is 3.89. The van der Waals surface area contributed by atoms with Crippen molar-refractivity contribution in [3.05, 3.63) is 59.7 Å². The molecule has 0 radical (unpaired) electrons. The van der Waals surface area contributed by atoms with Crippen LogP contribution in [-0.2, 0) is 19.1 Å². The topological polar surface area (TPSA) is 114 Å². The Bertz CT molecular complexity index is 978. The maximum atomic E-state index is 12.6. The van der Waals surface area contributed by atoms with Gasteiger partial charge in [0.15, 0.2) is 0 Å². The molecule has 0 aliphatic heterocycles. The molecule has 176 valence electrons. The number of carbonyl (C=O) groups is 3. The molecule has 2 amide bonds. The van der Waals surface area contributed by atoms with Crippen molar-refractivity contribution in [2.24, 2.45) is 5.41 Å². The summed E-state index contributed by atoms with van der Waals surface area (Å²) in [6.07, 6.45) is -0.400. The van der Waals surface area contributed by atoms with Crippen LogP contribution in [0.1, 0.15) is 37.3 Å². The van der Waals surface area contributed by atoms with E-state index in [1.165, 1.54) is 7.11 Å². The SMILES string of the molecule is CCC(C)(CNC(=O)[C@H](COC)NC(=O)OCC1c2ccccc2-c2ccccc21)C(=O)O. The van der Waals surface area contributed by atoms with E-state index in [9.17, 15) is 19.5 Å². The molecule has 0 heterocycles. The lowest BCUT2D eigenvalue weighted by molar-refractivity contribution is -0.148. The van der Waals surface area contributed by atoms with E-state index in [0.29, 0.717) is 6.42 Å². The molecule has 0 saturated carbocycles. The number of hydrogen-bond donors (Lipinski definition) is 3. The second-order valence-corrected chi connectivity index (χ2v) is 8.41. The van der Waals surface area contributed by atoms with Gasteiger partial charge in [-0.25, -0.2) is 4.79 Å². The number of alkyl carbamates (subject to hydrolysis) is 1. The van der Waals surface area contributed by atoms with Gasteiger partial charge < -0.3 is 25.2 Å². The number of fused-ring (bicyclic) bond motifs is 3. The molecule has 0 fully saturated rings. The quantitative estimate of drug-likeness (QED) is 0.508. The number of benzene rings is 2. The monoisotopic (exact) mass is 454 g/mol. The maximum Gasteiger partial charge on any atom is 0.407 e. The van der Waals surface area contributed by atoms with Crippen LogP contribution in [0.3, 0.4) is 0 Å². The number of amides is 2. The summed E-state index contributed by atoms with van der Waals surface area (Å²) in [5.41, 5.74) is 3.32. The van der Waals surface area contributed by atoms with Crippen molar-refractivity contribution in [1.29, 1.82) is 0 Å². The third-order valence-electron chi connectivity index (χ3n) is 6.24. The minimum absolute atomic E-state index is 0.0652. The number of rotatable bonds is 10. The second-order valence-electron chi connectivity index (χ2n) is 8.41. The van der Waals surface area contributed by atoms with Gasteiger partial charge in [-0.3, -0.25) is 9.59 Å². The van der Waals surface area contributed by atoms with Gasteiger partial charge in [-0.1, -0.05) is 55.5 Å². The highest BCUT2D eigenvalue weighted by Crippen LogP contribution is 2.44. The molecule has 0 aromatic heterocycles. The first kappa shape index (κ1) is 24.3. The van der Waals surface area contributed by atoms with Gasteiger partial charge in [0, 0.05) is 19.6 Å². The predicted molar refractivity (Wildman–Crippen MR) is 123 cm³/mol. The molecule has 2 atom stereocenters. The van der Waals surface area contributed by atoms with Crippen LogP contribution in [0.15, 0.2) is 48.5 Å². The van der Waals surface area contributed by atoms with E-state index in [4.69, 9.17) is 9.47 Å². The minimum Gasteiger partial charge on any atom is -0.481 e. The molecule has 8 nitrogen and oxygen atoms in total. The van der Waals surface area contributed by atoms with Crippen molar-refractivity contribution in [3.8, 4) is 11.1 Å². The summed E-state index contributed by atoms with van der Waals surface area (Å²) in [6.45, 7) is 3.27. The standard InChI is InChI=1S/C25H30N2O6/c1-4-25(2,23(29)30)15-26-22(28)21(14-32-3)27-24(31)33-13-20-18-11-7-5-9-16(18)17-10-6-8-12-19(17)20/h5-12,20-21H,4,13-15H2,1-3H3,(H,26,28)(H,27,31)(H,29,30)/t21-,25?/m0/s1. The number of methoxy groups -OCH3 is 1. The Morgan fingerprint density at radius 1 is 1.06 bits per heavy atom. The molecule has 2 aromatic carbocycles. The highest BCUT2D eigenvalue weighted by atomic mass is 16.5. The van der Waals surface area contributed by atoms with Crippen LogP contribution in [0, 0.1) is 5.41 Å². The molecule has 3 rings (SSSR count). The highest BCUT2D eigenvalue weighted by Gasteiger charge is 2.33. The van der Waals surface area contributed by atoms with Crippen LogP contribution in [0.5, 0.6) is 0 Å². The first-order valence-corrected chi connectivity index (χ1v) is 10.9. The summed E-state index contributed by atoms with van der Waals surface area (Å²) < 4.78 is 10.5. The summed E-state index contributed by atoms with van der Waals surface area (Å²) >= 11 is 0. The van der Waals surface area contributed by atoms with E-state index < -0.39 is 29.4 Å². The summed E-state index contributed by atoms with van der Waals surface area (Å²) in [4.78, 5) is 36.6. The van der Waals surface area contributed by atoms with Gasteiger partial charge in [-0.15, -0.1) is 0 Å². The molecule has 8 heteroatoms. The van der Waals surface area contributed by atoms with E-state index in [2.05, 4.69) is 10.6 Å². The smallest absolute Gasteiger partial charge is 0.407 e. The van der Waals surface area contributed by atoms with Crippen molar-refractivity contribution >= 4 is 18.0 Å². The first-order chi connectivity index (χ1) is 15.8. The summed E-state index contributed by atoms with van der Waals surface area (Å²) in [5.74, 6) is -1.64. The largest absolute Gasteiger partial charge is 0.481 e. The van der Waals surface area contributed by atoms with Crippen LogP contribution in [0.2, 0.25) is 0 Å². The average Bonchev–Trinajstić information content (AvgIpc) is 3.14. The number of nitrogens with one attached hydrogen (secondary N) is 2. The molecule has 0 spiro atoms. The molecule has 1 aliphatic carbocycles. The molecule has 2 aromatic rings. The number of ether oxygens (including phenoxy) is 2. The van der Waals surface area contributed by atoms with Crippen LogP contribution in [-0.4, -0.2) is 56.0 Å². The number of carbonyl (C=O) groups excluding carboxylic acids is 2. The molecular formula is C25H30N2O6. The van der Waals surface area contributed by atoms with Gasteiger partial charge in [-0.2, -0.15) is 0 Å². The number of aliphatic carboxylic acids is 1. The van der Waals surface area contributed by atoms with E-state index in [1.807, 2.05) is 48.5 Å². The zero-order chi connectivity index (χ0) is 24.0. The van der Waals surface area contributed by atoms with E-state index >= 15 is 0 Å².